The molecule has 3 heterocycles. The summed E-state index contributed by atoms with van der Waals surface area (Å²) in [6, 6.07) is 6.39. The number of fused-ring (bicyclic) bond motifs is 1. The van der Waals surface area contributed by atoms with Crippen molar-refractivity contribution in [2.45, 2.75) is 36.4 Å². The lowest BCUT2D eigenvalue weighted by Gasteiger charge is -2.16. The second-order valence-electron chi connectivity index (χ2n) is 6.74. The molecule has 11 heteroatoms. The third-order valence-electron chi connectivity index (χ3n) is 4.73. The number of ether oxygens (including phenoxy) is 1. The van der Waals surface area contributed by atoms with E-state index in [0.29, 0.717) is 11.2 Å². The van der Waals surface area contributed by atoms with E-state index in [1.165, 1.54) is 35.4 Å². The van der Waals surface area contributed by atoms with Gasteiger partial charge in [0.1, 0.15) is 30.2 Å². The van der Waals surface area contributed by atoms with Crippen LogP contribution in [0.25, 0.3) is 11.2 Å². The fourth-order valence-electron chi connectivity index (χ4n) is 3.12. The molecule has 1 saturated heterocycles. The molecule has 0 spiro atoms. The Balaban J connectivity index is 1.59. The van der Waals surface area contributed by atoms with Gasteiger partial charge in [0.25, 0.3) is 0 Å². The molecule has 1 aliphatic heterocycles. The number of aromatic nitrogens is 4. The van der Waals surface area contributed by atoms with Gasteiger partial charge in [0.15, 0.2) is 27.5 Å². The van der Waals surface area contributed by atoms with Crippen molar-refractivity contribution < 1.29 is 23.4 Å². The van der Waals surface area contributed by atoms with Crippen LogP contribution in [0.3, 0.4) is 0 Å². The van der Waals surface area contributed by atoms with E-state index >= 15 is 0 Å². The zero-order valence-electron chi connectivity index (χ0n) is 15.3. The first kappa shape index (κ1) is 19.5. The van der Waals surface area contributed by atoms with E-state index in [2.05, 4.69) is 15.0 Å². The molecule has 29 heavy (non-hydrogen) atoms. The highest BCUT2D eigenvalue weighted by atomic mass is 32.2. The third-order valence-corrected chi connectivity index (χ3v) is 6.18. The number of aliphatic hydroxyl groups excluding tert-OH is 2. The standard InChI is InChI=1S/C18H19N5O5S/c1-10-2-4-11(5-3-10)29(26,27)7-6-12-14(24)15(25)18(28-12)23-9-22-13-16(19)20-8-21-17(13)23/h2-9,12,14-15,18,24-25H,1H3,(H2,19,20,21)/b7-6+/t12-,14-,15-,18?/m1/s1. The van der Waals surface area contributed by atoms with E-state index in [9.17, 15) is 18.6 Å². The normalized spacial score (nSPS) is 25.2. The van der Waals surface area contributed by atoms with Gasteiger partial charge in [-0.25, -0.2) is 23.4 Å². The van der Waals surface area contributed by atoms with Gasteiger partial charge in [-0.1, -0.05) is 17.7 Å². The summed E-state index contributed by atoms with van der Waals surface area (Å²) in [4.78, 5) is 12.2. The molecule has 1 fully saturated rings. The van der Waals surface area contributed by atoms with Crippen molar-refractivity contribution in [1.82, 2.24) is 19.5 Å². The minimum atomic E-state index is -3.73. The van der Waals surface area contributed by atoms with E-state index < -0.39 is 34.4 Å². The molecular formula is C18H19N5O5S. The summed E-state index contributed by atoms with van der Waals surface area (Å²) in [6.45, 7) is 1.86. The van der Waals surface area contributed by atoms with E-state index in [0.717, 1.165) is 11.0 Å². The number of nitrogens with zero attached hydrogens (tertiary/aromatic N) is 4. The van der Waals surface area contributed by atoms with Gasteiger partial charge < -0.3 is 20.7 Å². The van der Waals surface area contributed by atoms with Crippen LogP contribution in [0.1, 0.15) is 11.8 Å². The Bertz CT molecular complexity index is 1180. The fraction of sp³-hybridized carbons (Fsp3) is 0.278. The molecule has 0 saturated carbocycles. The molecule has 1 unspecified atom stereocenters. The second-order valence-corrected chi connectivity index (χ2v) is 8.58. The van der Waals surface area contributed by atoms with Crippen LogP contribution in [-0.2, 0) is 14.6 Å². The van der Waals surface area contributed by atoms with Crippen LogP contribution in [0.15, 0.2) is 53.3 Å². The maximum Gasteiger partial charge on any atom is 0.199 e. The van der Waals surface area contributed by atoms with Crippen molar-refractivity contribution in [2.75, 3.05) is 5.73 Å². The molecule has 4 N–H and O–H groups in total. The first-order valence-electron chi connectivity index (χ1n) is 8.72. The number of aryl methyl sites for hydroxylation is 1. The second kappa shape index (κ2) is 7.19. The number of anilines is 1. The van der Waals surface area contributed by atoms with Crippen molar-refractivity contribution in [3.63, 3.8) is 0 Å². The van der Waals surface area contributed by atoms with Crippen LogP contribution >= 0.6 is 0 Å². The summed E-state index contributed by atoms with van der Waals surface area (Å²) in [5, 5.41) is 21.7. The van der Waals surface area contributed by atoms with E-state index in [-0.39, 0.29) is 10.7 Å². The summed E-state index contributed by atoms with van der Waals surface area (Å²) in [7, 11) is -3.73. The average Bonchev–Trinajstić information content (AvgIpc) is 3.24. The van der Waals surface area contributed by atoms with Gasteiger partial charge in [0.2, 0.25) is 0 Å². The summed E-state index contributed by atoms with van der Waals surface area (Å²) in [5.41, 5.74) is 7.35. The van der Waals surface area contributed by atoms with Crippen LogP contribution in [0, 0.1) is 6.92 Å². The largest absolute Gasteiger partial charge is 0.387 e. The highest BCUT2D eigenvalue weighted by molar-refractivity contribution is 7.94. The number of imidazole rings is 1. The van der Waals surface area contributed by atoms with Crippen molar-refractivity contribution >= 4 is 26.8 Å². The van der Waals surface area contributed by atoms with Gasteiger partial charge in [0, 0.05) is 5.41 Å². The molecule has 3 aromatic rings. The molecular weight excluding hydrogens is 398 g/mol. The fourth-order valence-corrected chi connectivity index (χ4v) is 4.15. The number of nitrogen functional groups attached to an aromatic ring is 1. The van der Waals surface area contributed by atoms with E-state index in [1.807, 2.05) is 6.92 Å². The van der Waals surface area contributed by atoms with Crippen LogP contribution < -0.4 is 5.73 Å². The summed E-state index contributed by atoms with van der Waals surface area (Å²) >= 11 is 0. The lowest BCUT2D eigenvalue weighted by atomic mass is 10.1. The quantitative estimate of drug-likeness (QED) is 0.544. The molecule has 10 nitrogen and oxygen atoms in total. The Morgan fingerprint density at radius 3 is 2.59 bits per heavy atom. The Morgan fingerprint density at radius 2 is 1.86 bits per heavy atom. The minimum absolute atomic E-state index is 0.122. The van der Waals surface area contributed by atoms with E-state index in [4.69, 9.17) is 10.5 Å². The van der Waals surface area contributed by atoms with Crippen LogP contribution in [0.2, 0.25) is 0 Å². The number of rotatable bonds is 4. The highest BCUT2D eigenvalue weighted by Gasteiger charge is 2.43. The first-order valence-corrected chi connectivity index (χ1v) is 10.3. The van der Waals surface area contributed by atoms with Gasteiger partial charge in [-0.05, 0) is 25.1 Å². The van der Waals surface area contributed by atoms with Crippen LogP contribution in [0.4, 0.5) is 5.82 Å². The SMILES string of the molecule is Cc1ccc(S(=O)(=O)/C=C/[C@H]2OC(n3cnc4c(N)ncnc43)[C@H](O)[C@@H]2O)cc1. The smallest absolute Gasteiger partial charge is 0.199 e. The molecule has 152 valence electrons. The molecule has 0 amide bonds. The monoisotopic (exact) mass is 417 g/mol. The Morgan fingerprint density at radius 1 is 1.14 bits per heavy atom. The highest BCUT2D eigenvalue weighted by Crippen LogP contribution is 2.32. The Hall–Kier alpha value is -2.86. The minimum Gasteiger partial charge on any atom is -0.387 e. The maximum absolute atomic E-state index is 12.5. The van der Waals surface area contributed by atoms with Gasteiger partial charge in [0.05, 0.1) is 11.2 Å². The lowest BCUT2D eigenvalue weighted by molar-refractivity contribution is -0.0244. The van der Waals surface area contributed by atoms with E-state index in [1.54, 1.807) is 12.1 Å². The number of benzene rings is 1. The Kier molecular flexibility index (Phi) is 4.82. The lowest BCUT2D eigenvalue weighted by Crippen LogP contribution is -2.30. The van der Waals surface area contributed by atoms with Gasteiger partial charge >= 0.3 is 0 Å². The van der Waals surface area contributed by atoms with Crippen LogP contribution in [0.5, 0.6) is 0 Å². The van der Waals surface area contributed by atoms with Crippen LogP contribution in [-0.4, -0.2) is 56.5 Å². The molecule has 2 aromatic heterocycles. The average molecular weight is 417 g/mol. The molecule has 4 atom stereocenters. The van der Waals surface area contributed by atoms with Crippen molar-refractivity contribution in [3.8, 4) is 0 Å². The topological polar surface area (TPSA) is 153 Å². The van der Waals surface area contributed by atoms with Gasteiger partial charge in [-0.15, -0.1) is 0 Å². The van der Waals surface area contributed by atoms with Gasteiger partial charge in [-0.3, -0.25) is 4.57 Å². The number of nitrogens with two attached hydrogens (primary N) is 1. The summed E-state index contributed by atoms with van der Waals surface area (Å²) in [5.74, 6) is 0.169. The zero-order valence-corrected chi connectivity index (χ0v) is 16.1. The summed E-state index contributed by atoms with van der Waals surface area (Å²) in [6.07, 6.45) is -0.926. The number of sulfone groups is 1. The van der Waals surface area contributed by atoms with Crippen molar-refractivity contribution in [2.24, 2.45) is 0 Å². The van der Waals surface area contributed by atoms with Crippen molar-refractivity contribution in [1.29, 1.82) is 0 Å². The molecule has 4 rings (SSSR count). The summed E-state index contributed by atoms with van der Waals surface area (Å²) < 4.78 is 32.1. The zero-order chi connectivity index (χ0) is 20.8. The number of aliphatic hydroxyl groups is 2. The predicted molar refractivity (Wildman–Crippen MR) is 103 cm³/mol. The molecule has 0 bridgehead atoms. The molecule has 1 aliphatic rings. The predicted octanol–water partition coefficient (Wildman–Crippen LogP) is 0.324. The number of hydrogen-bond donors (Lipinski definition) is 3. The first-order chi connectivity index (χ1) is 13.8. The molecule has 1 aromatic carbocycles. The third kappa shape index (κ3) is 3.49. The molecule has 0 aliphatic carbocycles. The Labute approximate surface area is 166 Å². The van der Waals surface area contributed by atoms with Gasteiger partial charge in [-0.2, -0.15) is 0 Å². The van der Waals surface area contributed by atoms with Crippen molar-refractivity contribution in [3.05, 3.63) is 54.0 Å². The number of hydrogen-bond acceptors (Lipinski definition) is 9. The maximum atomic E-state index is 12.5. The molecule has 0 radical (unpaired) electrons.